The maximum Gasteiger partial charge on any atom is 0.0586 e. The van der Waals surface area contributed by atoms with E-state index >= 15 is 0 Å². The molecular weight excluding hydrogens is 285 g/mol. The summed E-state index contributed by atoms with van der Waals surface area (Å²) in [6.45, 7) is 4.34. The number of hydrogen-bond acceptors (Lipinski definition) is 1. The third kappa shape index (κ3) is 1.90. The van der Waals surface area contributed by atoms with Gasteiger partial charge in [-0.1, -0.05) is 46.9 Å². The lowest BCUT2D eigenvalue weighted by atomic mass is 10.1. The normalized spacial score (nSPS) is 11.9. The molecule has 0 fully saturated rings. The lowest BCUT2D eigenvalue weighted by molar-refractivity contribution is 0.790. The number of rotatable bonds is 1. The summed E-state index contributed by atoms with van der Waals surface area (Å²) in [5.74, 6) is 0. The number of pyridine rings is 1. The van der Waals surface area contributed by atoms with Gasteiger partial charge in [-0.3, -0.25) is 4.98 Å². The third-order valence-electron chi connectivity index (χ3n) is 2.24. The van der Waals surface area contributed by atoms with Gasteiger partial charge in [0.25, 0.3) is 0 Å². The predicted octanol–water partition coefficient (Wildman–Crippen LogP) is 3.90. The molecule has 0 spiro atoms. The fourth-order valence-electron chi connectivity index (χ4n) is 1.41. The molecule has 1 nitrogen and oxygen atoms in total. The first-order valence-corrected chi connectivity index (χ1v) is 5.69. The topological polar surface area (TPSA) is 12.9 Å². The minimum atomic E-state index is 0.0990. The average molecular weight is 297 g/mol. The van der Waals surface area contributed by atoms with E-state index in [1.165, 1.54) is 10.8 Å². The zero-order valence-corrected chi connectivity index (χ0v) is 10.4. The Labute approximate surface area is 97.7 Å². The van der Waals surface area contributed by atoms with Crippen molar-refractivity contribution in [2.75, 3.05) is 0 Å². The van der Waals surface area contributed by atoms with Gasteiger partial charge in [0.2, 0.25) is 0 Å². The first-order chi connectivity index (χ1) is 6.57. The van der Waals surface area contributed by atoms with Crippen LogP contribution in [0, 0.1) is 0 Å². The highest BCUT2D eigenvalue weighted by Gasteiger charge is 2.17. The fourth-order valence-corrected chi connectivity index (χ4v) is 1.70. The maximum atomic E-state index is 4.47. The van der Waals surface area contributed by atoms with Crippen LogP contribution in [0.2, 0.25) is 0 Å². The van der Waals surface area contributed by atoms with Crippen LogP contribution in [0.1, 0.15) is 19.5 Å². The van der Waals surface area contributed by atoms with Gasteiger partial charge in [0, 0.05) is 11.6 Å². The molecule has 2 heteroatoms. The molecule has 0 atom stereocenters. The number of aromatic nitrogens is 1. The molecule has 2 aromatic rings. The zero-order valence-electron chi connectivity index (χ0n) is 8.29. The molecule has 0 saturated heterocycles. The van der Waals surface area contributed by atoms with Gasteiger partial charge in [0.15, 0.2) is 0 Å². The molecule has 1 aromatic carbocycles. The number of halogens is 1. The van der Waals surface area contributed by atoms with Crippen LogP contribution in [0.4, 0.5) is 0 Å². The van der Waals surface area contributed by atoms with Crippen LogP contribution in [0.3, 0.4) is 0 Å². The number of benzene rings is 1. The highest BCUT2D eigenvalue weighted by Crippen LogP contribution is 2.30. The summed E-state index contributed by atoms with van der Waals surface area (Å²) >= 11 is 2.41. The Morgan fingerprint density at radius 2 is 1.79 bits per heavy atom. The summed E-state index contributed by atoms with van der Waals surface area (Å²) in [4.78, 5) is 4.47. The Kier molecular flexibility index (Phi) is 2.47. The minimum absolute atomic E-state index is 0.0990. The van der Waals surface area contributed by atoms with Crippen molar-refractivity contribution in [1.29, 1.82) is 0 Å². The summed E-state index contributed by atoms with van der Waals surface area (Å²) in [7, 11) is 0. The second-order valence-corrected chi connectivity index (χ2v) is 6.59. The van der Waals surface area contributed by atoms with Crippen molar-refractivity contribution in [3.63, 3.8) is 0 Å². The molecule has 14 heavy (non-hydrogen) atoms. The van der Waals surface area contributed by atoms with Gasteiger partial charge in [-0.15, -0.1) is 0 Å². The van der Waals surface area contributed by atoms with Gasteiger partial charge >= 0.3 is 0 Å². The van der Waals surface area contributed by atoms with Crippen LogP contribution in [0.15, 0.2) is 36.5 Å². The monoisotopic (exact) mass is 297 g/mol. The Morgan fingerprint density at radius 1 is 1.14 bits per heavy atom. The van der Waals surface area contributed by atoms with Crippen molar-refractivity contribution in [2.24, 2.45) is 0 Å². The number of hydrogen-bond donors (Lipinski definition) is 0. The summed E-state index contributed by atoms with van der Waals surface area (Å²) < 4.78 is 0.0990. The van der Waals surface area contributed by atoms with E-state index in [0.29, 0.717) is 0 Å². The Morgan fingerprint density at radius 3 is 2.43 bits per heavy atom. The summed E-state index contributed by atoms with van der Waals surface area (Å²) in [6, 6.07) is 10.5. The predicted molar refractivity (Wildman–Crippen MR) is 68.8 cm³/mol. The largest absolute Gasteiger partial charge is 0.259 e. The van der Waals surface area contributed by atoms with E-state index in [9.17, 15) is 0 Å². The molecule has 0 unspecified atom stereocenters. The summed E-state index contributed by atoms with van der Waals surface area (Å²) in [6.07, 6.45) is 1.95. The lowest BCUT2D eigenvalue weighted by Gasteiger charge is -2.15. The van der Waals surface area contributed by atoms with Gasteiger partial charge in [0.1, 0.15) is 0 Å². The maximum absolute atomic E-state index is 4.47. The van der Waals surface area contributed by atoms with Crippen molar-refractivity contribution in [2.45, 2.75) is 17.3 Å². The lowest BCUT2D eigenvalue weighted by Crippen LogP contribution is -2.08. The molecule has 0 bridgehead atoms. The van der Waals surface area contributed by atoms with E-state index in [-0.39, 0.29) is 3.42 Å². The Hall–Kier alpha value is -0.640. The third-order valence-corrected chi connectivity index (χ3v) is 2.79. The van der Waals surface area contributed by atoms with Crippen LogP contribution in [0.25, 0.3) is 10.8 Å². The molecular formula is C12H12IN. The quantitative estimate of drug-likeness (QED) is 0.574. The summed E-state index contributed by atoms with van der Waals surface area (Å²) in [5, 5.41) is 2.47. The molecule has 0 aliphatic heterocycles. The van der Waals surface area contributed by atoms with Crippen LogP contribution in [-0.2, 0) is 3.42 Å². The van der Waals surface area contributed by atoms with Crippen molar-refractivity contribution < 1.29 is 0 Å². The van der Waals surface area contributed by atoms with E-state index in [1.807, 2.05) is 12.3 Å². The zero-order chi connectivity index (χ0) is 10.2. The van der Waals surface area contributed by atoms with E-state index in [1.54, 1.807) is 0 Å². The standard InChI is InChI=1S/C12H12IN/c1-12(2,13)11-7-9-5-3-4-6-10(9)8-14-11/h3-8H,1-2H3. The second kappa shape index (κ2) is 3.50. The van der Waals surface area contributed by atoms with Crippen molar-refractivity contribution >= 4 is 33.4 Å². The SMILES string of the molecule is CC(C)(I)c1cc2ccccc2cn1. The summed E-state index contributed by atoms with van der Waals surface area (Å²) in [5.41, 5.74) is 1.14. The van der Waals surface area contributed by atoms with Gasteiger partial charge < -0.3 is 0 Å². The number of alkyl halides is 1. The molecule has 72 valence electrons. The number of nitrogens with zero attached hydrogens (tertiary/aromatic N) is 1. The Bertz CT molecular complexity index is 457. The van der Waals surface area contributed by atoms with Gasteiger partial charge in [-0.05, 0) is 25.3 Å². The highest BCUT2D eigenvalue weighted by molar-refractivity contribution is 14.1. The first-order valence-electron chi connectivity index (χ1n) is 4.61. The van der Waals surface area contributed by atoms with Crippen LogP contribution in [0.5, 0.6) is 0 Å². The van der Waals surface area contributed by atoms with E-state index in [4.69, 9.17) is 0 Å². The second-order valence-electron chi connectivity index (χ2n) is 3.89. The van der Waals surface area contributed by atoms with Crippen LogP contribution < -0.4 is 0 Å². The Balaban J connectivity index is 2.63. The van der Waals surface area contributed by atoms with Gasteiger partial charge in [-0.2, -0.15) is 0 Å². The van der Waals surface area contributed by atoms with Crippen LogP contribution in [-0.4, -0.2) is 4.98 Å². The van der Waals surface area contributed by atoms with E-state index in [0.717, 1.165) is 5.69 Å². The molecule has 0 N–H and O–H groups in total. The van der Waals surface area contributed by atoms with Crippen molar-refractivity contribution in [3.05, 3.63) is 42.2 Å². The first kappa shape index (κ1) is 9.90. The average Bonchev–Trinajstić information content (AvgIpc) is 2.16. The molecule has 0 aliphatic carbocycles. The van der Waals surface area contributed by atoms with E-state index in [2.05, 4.69) is 65.7 Å². The molecule has 1 aromatic heterocycles. The molecule has 0 saturated carbocycles. The van der Waals surface area contributed by atoms with Crippen LogP contribution >= 0.6 is 22.6 Å². The smallest absolute Gasteiger partial charge is 0.0586 e. The number of fused-ring (bicyclic) bond motifs is 1. The van der Waals surface area contributed by atoms with Gasteiger partial charge in [0.05, 0.1) is 9.12 Å². The van der Waals surface area contributed by atoms with E-state index < -0.39 is 0 Å². The highest BCUT2D eigenvalue weighted by atomic mass is 127. The fraction of sp³-hybridized carbons (Fsp3) is 0.250. The molecule has 1 heterocycles. The minimum Gasteiger partial charge on any atom is -0.259 e. The molecule has 0 radical (unpaired) electrons. The molecule has 0 amide bonds. The van der Waals surface area contributed by atoms with Crippen molar-refractivity contribution in [3.8, 4) is 0 Å². The molecule has 0 aliphatic rings. The molecule has 2 rings (SSSR count). The van der Waals surface area contributed by atoms with Gasteiger partial charge in [-0.25, -0.2) is 0 Å². The van der Waals surface area contributed by atoms with Crippen molar-refractivity contribution in [1.82, 2.24) is 4.98 Å².